The van der Waals surface area contributed by atoms with E-state index in [1.807, 2.05) is 0 Å². The van der Waals surface area contributed by atoms with Crippen LogP contribution in [0.15, 0.2) is 18.2 Å². The number of rotatable bonds is 6. The minimum absolute atomic E-state index is 0.0461. The van der Waals surface area contributed by atoms with Crippen molar-refractivity contribution < 1.29 is 9.66 Å². The molecule has 0 aromatic heterocycles. The molecule has 20 heavy (non-hydrogen) atoms. The molecule has 1 N–H and O–H groups in total. The van der Waals surface area contributed by atoms with Crippen LogP contribution in [0.1, 0.15) is 19.3 Å². The van der Waals surface area contributed by atoms with Gasteiger partial charge in [-0.25, -0.2) is 0 Å². The lowest BCUT2D eigenvalue weighted by molar-refractivity contribution is -0.384. The van der Waals surface area contributed by atoms with Gasteiger partial charge in [0.15, 0.2) is 0 Å². The van der Waals surface area contributed by atoms with Gasteiger partial charge in [0.25, 0.3) is 5.69 Å². The summed E-state index contributed by atoms with van der Waals surface area (Å²) in [6.07, 6.45) is 3.81. The second kappa shape index (κ2) is 7.09. The fraction of sp³-hybridized carbons (Fsp3) is 0.571. The standard InChI is InChI=1S/C14H21N3O3/c1-15-12-9-13(17(18)19)11-14(10-12)20-8-7-16-5-3-2-4-6-16/h9-11,15H,2-8H2,1H3. The third-order valence-corrected chi connectivity index (χ3v) is 3.52. The third-order valence-electron chi connectivity index (χ3n) is 3.52. The highest BCUT2D eigenvalue weighted by molar-refractivity contribution is 5.55. The molecule has 6 heteroatoms. The van der Waals surface area contributed by atoms with Gasteiger partial charge in [0, 0.05) is 31.4 Å². The summed E-state index contributed by atoms with van der Waals surface area (Å²) in [5, 5.41) is 13.8. The Balaban J connectivity index is 1.91. The number of nitro groups is 1. The Morgan fingerprint density at radius 2 is 2.05 bits per heavy atom. The minimum Gasteiger partial charge on any atom is -0.492 e. The molecule has 0 saturated carbocycles. The lowest BCUT2D eigenvalue weighted by atomic mass is 10.1. The first-order valence-electron chi connectivity index (χ1n) is 7.01. The van der Waals surface area contributed by atoms with Gasteiger partial charge in [-0.3, -0.25) is 15.0 Å². The Kier molecular flexibility index (Phi) is 5.17. The largest absolute Gasteiger partial charge is 0.492 e. The van der Waals surface area contributed by atoms with E-state index in [1.165, 1.54) is 31.4 Å². The van der Waals surface area contributed by atoms with E-state index in [-0.39, 0.29) is 5.69 Å². The predicted molar refractivity (Wildman–Crippen MR) is 78.4 cm³/mol. The molecular weight excluding hydrogens is 258 g/mol. The molecule has 1 aliphatic heterocycles. The van der Waals surface area contributed by atoms with Gasteiger partial charge < -0.3 is 10.1 Å². The first-order valence-corrected chi connectivity index (χ1v) is 7.01. The average molecular weight is 279 g/mol. The molecular formula is C14H21N3O3. The highest BCUT2D eigenvalue weighted by Gasteiger charge is 2.12. The van der Waals surface area contributed by atoms with Crippen LogP contribution < -0.4 is 10.1 Å². The lowest BCUT2D eigenvalue weighted by Gasteiger charge is -2.26. The number of anilines is 1. The van der Waals surface area contributed by atoms with E-state index >= 15 is 0 Å². The van der Waals surface area contributed by atoms with Crippen molar-refractivity contribution >= 4 is 11.4 Å². The van der Waals surface area contributed by atoms with E-state index in [4.69, 9.17) is 4.74 Å². The van der Waals surface area contributed by atoms with Crippen LogP contribution in [0, 0.1) is 10.1 Å². The van der Waals surface area contributed by atoms with Crippen molar-refractivity contribution in [1.82, 2.24) is 4.90 Å². The molecule has 1 aromatic carbocycles. The molecule has 1 aromatic rings. The second-order valence-electron chi connectivity index (χ2n) is 4.97. The quantitative estimate of drug-likeness (QED) is 0.640. The number of nitrogens with zero attached hydrogens (tertiary/aromatic N) is 2. The van der Waals surface area contributed by atoms with Crippen LogP contribution in [0.5, 0.6) is 5.75 Å². The summed E-state index contributed by atoms with van der Waals surface area (Å²) in [7, 11) is 1.73. The van der Waals surface area contributed by atoms with Crippen molar-refractivity contribution in [2.75, 3.05) is 38.6 Å². The van der Waals surface area contributed by atoms with Crippen LogP contribution in [-0.2, 0) is 0 Å². The molecule has 1 saturated heterocycles. The highest BCUT2D eigenvalue weighted by atomic mass is 16.6. The van der Waals surface area contributed by atoms with Crippen LogP contribution in [0.4, 0.5) is 11.4 Å². The molecule has 1 aliphatic rings. The minimum atomic E-state index is -0.404. The summed E-state index contributed by atoms with van der Waals surface area (Å²) >= 11 is 0. The number of hydrogen-bond donors (Lipinski definition) is 1. The molecule has 0 bridgehead atoms. The molecule has 0 aliphatic carbocycles. The van der Waals surface area contributed by atoms with Crippen molar-refractivity contribution in [2.45, 2.75) is 19.3 Å². The van der Waals surface area contributed by atoms with Gasteiger partial charge in [0.1, 0.15) is 12.4 Å². The summed E-state index contributed by atoms with van der Waals surface area (Å²) in [4.78, 5) is 12.8. The van der Waals surface area contributed by atoms with Gasteiger partial charge in [-0.15, -0.1) is 0 Å². The first kappa shape index (κ1) is 14.6. The Morgan fingerprint density at radius 1 is 1.30 bits per heavy atom. The van der Waals surface area contributed by atoms with Gasteiger partial charge in [0.2, 0.25) is 0 Å². The number of likely N-dealkylation sites (tertiary alicyclic amines) is 1. The zero-order chi connectivity index (χ0) is 14.4. The maximum absolute atomic E-state index is 10.9. The van der Waals surface area contributed by atoms with Gasteiger partial charge in [0.05, 0.1) is 11.0 Å². The number of piperidine rings is 1. The number of non-ortho nitro benzene ring substituents is 1. The van der Waals surface area contributed by atoms with Crippen LogP contribution in [0.25, 0.3) is 0 Å². The predicted octanol–water partition coefficient (Wildman–Crippen LogP) is 2.50. The monoisotopic (exact) mass is 279 g/mol. The molecule has 2 rings (SSSR count). The topological polar surface area (TPSA) is 67.6 Å². The van der Waals surface area contributed by atoms with Crippen molar-refractivity contribution in [2.24, 2.45) is 0 Å². The second-order valence-corrected chi connectivity index (χ2v) is 4.97. The molecule has 1 heterocycles. The van der Waals surface area contributed by atoms with Gasteiger partial charge in [-0.05, 0) is 25.9 Å². The third kappa shape index (κ3) is 4.09. The number of nitro benzene ring substituents is 1. The van der Waals surface area contributed by atoms with Crippen molar-refractivity contribution in [3.8, 4) is 5.75 Å². The van der Waals surface area contributed by atoms with Crippen molar-refractivity contribution in [3.05, 3.63) is 28.3 Å². The Hall–Kier alpha value is -1.82. The van der Waals surface area contributed by atoms with Crippen LogP contribution in [-0.4, -0.2) is 43.1 Å². The summed E-state index contributed by atoms with van der Waals surface area (Å²) < 4.78 is 5.66. The van der Waals surface area contributed by atoms with E-state index in [0.29, 0.717) is 18.0 Å². The van der Waals surface area contributed by atoms with E-state index in [9.17, 15) is 10.1 Å². The molecule has 0 amide bonds. The van der Waals surface area contributed by atoms with E-state index < -0.39 is 4.92 Å². The van der Waals surface area contributed by atoms with Gasteiger partial charge >= 0.3 is 0 Å². The first-order chi connectivity index (χ1) is 9.69. The molecule has 6 nitrogen and oxygen atoms in total. The summed E-state index contributed by atoms with van der Waals surface area (Å²) in [5.41, 5.74) is 0.733. The maximum atomic E-state index is 10.9. The highest BCUT2D eigenvalue weighted by Crippen LogP contribution is 2.25. The Morgan fingerprint density at radius 3 is 2.70 bits per heavy atom. The Bertz CT molecular complexity index is 459. The molecule has 0 unspecified atom stereocenters. The van der Waals surface area contributed by atoms with Crippen molar-refractivity contribution in [1.29, 1.82) is 0 Å². The molecule has 0 spiro atoms. The average Bonchev–Trinajstić information content (AvgIpc) is 2.48. The zero-order valence-corrected chi connectivity index (χ0v) is 11.8. The normalized spacial score (nSPS) is 15.8. The van der Waals surface area contributed by atoms with Crippen LogP contribution >= 0.6 is 0 Å². The Labute approximate surface area is 118 Å². The molecule has 110 valence electrons. The summed E-state index contributed by atoms with van der Waals surface area (Å²) in [6, 6.07) is 4.75. The lowest BCUT2D eigenvalue weighted by Crippen LogP contribution is -2.33. The fourth-order valence-corrected chi connectivity index (χ4v) is 2.39. The smallest absolute Gasteiger partial charge is 0.275 e. The number of hydrogen-bond acceptors (Lipinski definition) is 5. The molecule has 0 radical (unpaired) electrons. The molecule has 0 atom stereocenters. The van der Waals surface area contributed by atoms with Crippen molar-refractivity contribution in [3.63, 3.8) is 0 Å². The van der Waals surface area contributed by atoms with E-state index in [0.717, 1.165) is 19.6 Å². The van der Waals surface area contributed by atoms with Crippen LogP contribution in [0.2, 0.25) is 0 Å². The van der Waals surface area contributed by atoms with E-state index in [2.05, 4.69) is 10.2 Å². The maximum Gasteiger partial charge on any atom is 0.275 e. The SMILES string of the molecule is CNc1cc(OCCN2CCCCC2)cc([N+](=O)[O-])c1. The van der Waals surface area contributed by atoms with Gasteiger partial charge in [-0.1, -0.05) is 6.42 Å². The zero-order valence-electron chi connectivity index (χ0n) is 11.8. The number of ether oxygens (including phenoxy) is 1. The summed E-state index contributed by atoms with van der Waals surface area (Å²) in [5.74, 6) is 0.542. The van der Waals surface area contributed by atoms with Gasteiger partial charge in [-0.2, -0.15) is 0 Å². The van der Waals surface area contributed by atoms with Crippen LogP contribution in [0.3, 0.4) is 0 Å². The van der Waals surface area contributed by atoms with E-state index in [1.54, 1.807) is 13.1 Å². The molecule has 1 fully saturated rings. The fourth-order valence-electron chi connectivity index (χ4n) is 2.39. The summed E-state index contributed by atoms with van der Waals surface area (Å²) in [6.45, 7) is 3.68. The number of nitrogens with one attached hydrogen (secondary N) is 1. The number of benzene rings is 1.